The molecule has 2 N–H and O–H groups in total. The van der Waals surface area contributed by atoms with Crippen molar-refractivity contribution < 1.29 is 4.79 Å². The second-order valence-electron chi connectivity index (χ2n) is 6.42. The highest BCUT2D eigenvalue weighted by atomic mass is 32.1. The molecule has 2 aromatic heterocycles. The molecule has 0 aromatic carbocycles. The van der Waals surface area contributed by atoms with Gasteiger partial charge in [-0.05, 0) is 37.1 Å². The fourth-order valence-corrected chi connectivity index (χ4v) is 4.73. The molecule has 5 nitrogen and oxygen atoms in total. The molecule has 1 aliphatic carbocycles. The van der Waals surface area contributed by atoms with E-state index in [0.29, 0.717) is 18.3 Å². The van der Waals surface area contributed by atoms with E-state index in [1.807, 2.05) is 16.0 Å². The predicted molar refractivity (Wildman–Crippen MR) is 82.6 cm³/mol. The zero-order valence-electron chi connectivity index (χ0n) is 12.1. The minimum absolute atomic E-state index is 0.0304. The van der Waals surface area contributed by atoms with E-state index >= 15 is 0 Å². The molecular weight excluding hydrogens is 284 g/mol. The molecule has 1 amide bonds. The Morgan fingerprint density at radius 2 is 2.48 bits per heavy atom. The number of thiazole rings is 1. The van der Waals surface area contributed by atoms with Crippen LogP contribution in [0.5, 0.6) is 0 Å². The lowest BCUT2D eigenvalue weighted by Crippen LogP contribution is -2.40. The Balaban J connectivity index is 1.41. The number of imidazole rings is 1. The fourth-order valence-electron chi connectivity index (χ4n) is 4.04. The first-order valence-corrected chi connectivity index (χ1v) is 8.52. The van der Waals surface area contributed by atoms with Gasteiger partial charge in [-0.25, -0.2) is 4.98 Å². The molecule has 2 aromatic rings. The van der Waals surface area contributed by atoms with Crippen LogP contribution in [0.4, 0.5) is 0 Å². The lowest BCUT2D eigenvalue weighted by molar-refractivity contribution is 0.0942. The first-order chi connectivity index (χ1) is 10.2. The molecule has 0 spiro atoms. The van der Waals surface area contributed by atoms with Crippen LogP contribution < -0.4 is 10.6 Å². The molecule has 21 heavy (non-hydrogen) atoms. The monoisotopic (exact) mass is 304 g/mol. The van der Waals surface area contributed by atoms with Crippen LogP contribution in [0.2, 0.25) is 0 Å². The van der Waals surface area contributed by atoms with E-state index in [9.17, 15) is 4.79 Å². The third kappa shape index (κ3) is 2.26. The second kappa shape index (κ2) is 5.10. The van der Waals surface area contributed by atoms with Gasteiger partial charge in [0.25, 0.3) is 5.91 Å². The SMILES string of the molecule is CC1C[C@H]2CN[C@H](CNC(=O)c3cnc4sccn34)[C@H]2C1. The molecule has 4 rings (SSSR count). The Hall–Kier alpha value is -1.40. The van der Waals surface area contributed by atoms with E-state index in [0.717, 1.165) is 29.3 Å². The van der Waals surface area contributed by atoms with Crippen LogP contribution in [-0.4, -0.2) is 34.4 Å². The molecule has 0 radical (unpaired) electrons. The van der Waals surface area contributed by atoms with E-state index in [-0.39, 0.29) is 5.91 Å². The molecule has 1 saturated carbocycles. The summed E-state index contributed by atoms with van der Waals surface area (Å²) in [6.45, 7) is 4.16. The lowest BCUT2D eigenvalue weighted by atomic mass is 9.94. The average molecular weight is 304 g/mol. The second-order valence-corrected chi connectivity index (χ2v) is 7.30. The van der Waals surface area contributed by atoms with E-state index < -0.39 is 0 Å². The third-order valence-corrected chi connectivity index (χ3v) is 5.78. The molecule has 1 unspecified atom stereocenters. The fraction of sp³-hybridized carbons (Fsp3) is 0.600. The molecular formula is C15H20N4OS. The molecule has 2 fully saturated rings. The summed E-state index contributed by atoms with van der Waals surface area (Å²) in [5.41, 5.74) is 0.626. The largest absolute Gasteiger partial charge is 0.349 e. The lowest BCUT2D eigenvalue weighted by Gasteiger charge is -2.19. The topological polar surface area (TPSA) is 58.4 Å². The molecule has 1 saturated heterocycles. The van der Waals surface area contributed by atoms with Crippen molar-refractivity contribution in [3.8, 4) is 0 Å². The molecule has 1 aliphatic heterocycles. The number of hydrogen-bond acceptors (Lipinski definition) is 4. The molecule has 4 atom stereocenters. The molecule has 0 bridgehead atoms. The van der Waals surface area contributed by atoms with E-state index in [4.69, 9.17) is 0 Å². The highest BCUT2D eigenvalue weighted by molar-refractivity contribution is 7.15. The number of nitrogens with one attached hydrogen (secondary N) is 2. The summed E-state index contributed by atoms with van der Waals surface area (Å²) >= 11 is 1.54. The molecule has 2 aliphatic rings. The van der Waals surface area contributed by atoms with Gasteiger partial charge in [-0.1, -0.05) is 6.92 Å². The first-order valence-electron chi connectivity index (χ1n) is 7.64. The Morgan fingerprint density at radius 3 is 3.38 bits per heavy atom. The highest BCUT2D eigenvalue weighted by Gasteiger charge is 2.41. The van der Waals surface area contributed by atoms with Gasteiger partial charge in [-0.15, -0.1) is 11.3 Å². The van der Waals surface area contributed by atoms with Crippen LogP contribution in [0.1, 0.15) is 30.3 Å². The predicted octanol–water partition coefficient (Wildman–Crippen LogP) is 1.76. The van der Waals surface area contributed by atoms with Gasteiger partial charge >= 0.3 is 0 Å². The minimum atomic E-state index is -0.0304. The van der Waals surface area contributed by atoms with Crippen LogP contribution in [0, 0.1) is 17.8 Å². The maximum atomic E-state index is 12.3. The normalized spacial score (nSPS) is 31.7. The van der Waals surface area contributed by atoms with Gasteiger partial charge in [0.2, 0.25) is 0 Å². The number of fused-ring (bicyclic) bond motifs is 2. The van der Waals surface area contributed by atoms with Crippen LogP contribution in [-0.2, 0) is 0 Å². The van der Waals surface area contributed by atoms with Crippen molar-refractivity contribution in [1.82, 2.24) is 20.0 Å². The Labute approximate surface area is 127 Å². The van der Waals surface area contributed by atoms with Crippen LogP contribution >= 0.6 is 11.3 Å². The molecule has 112 valence electrons. The highest BCUT2D eigenvalue weighted by Crippen LogP contribution is 2.40. The number of hydrogen-bond donors (Lipinski definition) is 2. The standard InChI is InChI=1S/C15H20N4OS/c1-9-4-10-6-16-12(11(10)5-9)7-17-14(20)13-8-18-15-19(13)2-3-21-15/h2-3,8-12,16H,4-7H2,1H3,(H,17,20)/t9?,10-,11-,12+/m0/s1. The van der Waals surface area contributed by atoms with Gasteiger partial charge in [0.05, 0.1) is 6.20 Å². The summed E-state index contributed by atoms with van der Waals surface area (Å²) in [6, 6.07) is 0.426. The quantitative estimate of drug-likeness (QED) is 0.908. The van der Waals surface area contributed by atoms with Crippen molar-refractivity contribution in [3.05, 3.63) is 23.5 Å². The van der Waals surface area contributed by atoms with Crippen molar-refractivity contribution in [2.75, 3.05) is 13.1 Å². The van der Waals surface area contributed by atoms with Crippen molar-refractivity contribution in [2.45, 2.75) is 25.8 Å². The third-order valence-electron chi connectivity index (χ3n) is 5.01. The maximum Gasteiger partial charge on any atom is 0.270 e. The Bertz CT molecular complexity index is 663. The number of nitrogens with zero attached hydrogens (tertiary/aromatic N) is 2. The summed E-state index contributed by atoms with van der Waals surface area (Å²) in [7, 11) is 0. The van der Waals surface area contributed by atoms with E-state index in [1.165, 1.54) is 12.8 Å². The zero-order valence-corrected chi connectivity index (χ0v) is 12.9. The maximum absolute atomic E-state index is 12.3. The van der Waals surface area contributed by atoms with Gasteiger partial charge in [0, 0.05) is 24.2 Å². The average Bonchev–Trinajstić information content (AvgIpc) is 3.15. The van der Waals surface area contributed by atoms with Crippen molar-refractivity contribution in [3.63, 3.8) is 0 Å². The van der Waals surface area contributed by atoms with E-state index in [1.54, 1.807) is 17.5 Å². The summed E-state index contributed by atoms with van der Waals surface area (Å²) in [4.78, 5) is 17.4. The van der Waals surface area contributed by atoms with Gasteiger partial charge in [0.1, 0.15) is 5.69 Å². The minimum Gasteiger partial charge on any atom is -0.349 e. The van der Waals surface area contributed by atoms with Crippen LogP contribution in [0.3, 0.4) is 0 Å². The first kappa shape index (κ1) is 13.3. The summed E-state index contributed by atoms with van der Waals surface area (Å²) in [6.07, 6.45) is 6.17. The van der Waals surface area contributed by atoms with Crippen molar-refractivity contribution in [2.24, 2.45) is 17.8 Å². The van der Waals surface area contributed by atoms with Crippen molar-refractivity contribution >= 4 is 22.2 Å². The summed E-state index contributed by atoms with van der Waals surface area (Å²) in [5.74, 6) is 2.34. The number of carbonyl (C=O) groups is 1. The van der Waals surface area contributed by atoms with Gasteiger partial charge < -0.3 is 10.6 Å². The number of carbonyl (C=O) groups excluding carboxylic acids is 1. The number of aromatic nitrogens is 2. The summed E-state index contributed by atoms with van der Waals surface area (Å²) in [5, 5.41) is 8.60. The molecule has 3 heterocycles. The van der Waals surface area contributed by atoms with Crippen LogP contribution in [0.25, 0.3) is 4.96 Å². The van der Waals surface area contributed by atoms with Crippen LogP contribution in [0.15, 0.2) is 17.8 Å². The van der Waals surface area contributed by atoms with Gasteiger partial charge in [-0.2, -0.15) is 0 Å². The summed E-state index contributed by atoms with van der Waals surface area (Å²) < 4.78 is 1.85. The Kier molecular flexibility index (Phi) is 3.23. The number of amides is 1. The zero-order chi connectivity index (χ0) is 14.4. The molecule has 6 heteroatoms. The number of rotatable bonds is 3. The van der Waals surface area contributed by atoms with Gasteiger partial charge in [0.15, 0.2) is 4.96 Å². The smallest absolute Gasteiger partial charge is 0.270 e. The van der Waals surface area contributed by atoms with Gasteiger partial charge in [-0.3, -0.25) is 9.20 Å². The Morgan fingerprint density at radius 1 is 1.57 bits per heavy atom. The van der Waals surface area contributed by atoms with E-state index in [2.05, 4.69) is 22.5 Å². The van der Waals surface area contributed by atoms with Crippen molar-refractivity contribution in [1.29, 1.82) is 0 Å².